The topological polar surface area (TPSA) is 79.8 Å². The average molecular weight is 342 g/mol. The molecule has 1 saturated heterocycles. The van der Waals surface area contributed by atoms with E-state index in [2.05, 4.69) is 8.75 Å². The zero-order valence-corrected chi connectivity index (χ0v) is 14.3. The van der Waals surface area contributed by atoms with Gasteiger partial charge in [0.15, 0.2) is 5.79 Å². The standard InChI is InChI=1S/C15H22N2O5S/c1-3-19-13(18)14(10-20-12-11(2)16-23-17-12)4-6-15(7-5-14)21-8-9-22-15/h3-10H2,1-2H3. The Balaban J connectivity index is 1.70. The molecule has 1 spiro atoms. The molecule has 8 heteroatoms. The number of aromatic nitrogens is 2. The summed E-state index contributed by atoms with van der Waals surface area (Å²) in [6.45, 7) is 5.49. The highest BCUT2D eigenvalue weighted by Crippen LogP contribution is 2.45. The number of rotatable bonds is 5. The molecule has 23 heavy (non-hydrogen) atoms. The molecule has 1 aromatic heterocycles. The van der Waals surface area contributed by atoms with Crippen LogP contribution in [0.5, 0.6) is 5.88 Å². The number of ether oxygens (including phenoxy) is 4. The van der Waals surface area contributed by atoms with Crippen LogP contribution in [0, 0.1) is 12.3 Å². The van der Waals surface area contributed by atoms with Crippen LogP contribution in [0.25, 0.3) is 0 Å². The minimum absolute atomic E-state index is 0.214. The lowest BCUT2D eigenvalue weighted by Crippen LogP contribution is -2.47. The van der Waals surface area contributed by atoms with Crippen molar-refractivity contribution in [1.29, 1.82) is 0 Å². The molecule has 0 aromatic carbocycles. The fourth-order valence-electron chi connectivity index (χ4n) is 3.15. The molecule has 1 aliphatic carbocycles. The number of carbonyl (C=O) groups excluding carboxylic acids is 1. The first-order valence-electron chi connectivity index (χ1n) is 7.96. The molecule has 2 fully saturated rings. The van der Waals surface area contributed by atoms with Gasteiger partial charge in [-0.3, -0.25) is 4.79 Å². The van der Waals surface area contributed by atoms with Crippen molar-refractivity contribution in [2.45, 2.75) is 45.3 Å². The Morgan fingerprint density at radius 1 is 1.22 bits per heavy atom. The molecule has 1 aliphatic heterocycles. The molecule has 2 heterocycles. The van der Waals surface area contributed by atoms with Gasteiger partial charge >= 0.3 is 5.97 Å². The third-order valence-corrected chi connectivity index (χ3v) is 5.19. The SMILES string of the molecule is CCOC(=O)C1(COc2nsnc2C)CCC2(CC1)OCCO2. The van der Waals surface area contributed by atoms with Crippen LogP contribution >= 0.6 is 11.7 Å². The summed E-state index contributed by atoms with van der Waals surface area (Å²) in [4.78, 5) is 12.6. The van der Waals surface area contributed by atoms with Crippen LogP contribution in [0.1, 0.15) is 38.3 Å². The van der Waals surface area contributed by atoms with Gasteiger partial charge in [0.1, 0.15) is 17.7 Å². The first-order valence-corrected chi connectivity index (χ1v) is 8.69. The summed E-state index contributed by atoms with van der Waals surface area (Å²) < 4.78 is 30.8. The zero-order chi connectivity index (χ0) is 16.3. The van der Waals surface area contributed by atoms with Gasteiger partial charge in [0.05, 0.1) is 31.5 Å². The van der Waals surface area contributed by atoms with E-state index in [0.29, 0.717) is 51.4 Å². The lowest BCUT2D eigenvalue weighted by molar-refractivity contribution is -0.202. The molecule has 1 aromatic rings. The highest BCUT2D eigenvalue weighted by molar-refractivity contribution is 6.99. The molecule has 0 amide bonds. The molecule has 7 nitrogen and oxygen atoms in total. The van der Waals surface area contributed by atoms with Gasteiger partial charge in [-0.25, -0.2) is 0 Å². The third-order valence-electron chi connectivity index (χ3n) is 4.59. The number of hydrogen-bond donors (Lipinski definition) is 0. The largest absolute Gasteiger partial charge is 0.475 e. The van der Waals surface area contributed by atoms with Gasteiger partial charge in [-0.2, -0.15) is 4.37 Å². The minimum atomic E-state index is -0.674. The van der Waals surface area contributed by atoms with Gasteiger partial charge in [-0.15, -0.1) is 4.37 Å². The van der Waals surface area contributed by atoms with E-state index in [9.17, 15) is 4.79 Å². The average Bonchev–Trinajstić information content (AvgIpc) is 3.17. The summed E-state index contributed by atoms with van der Waals surface area (Å²) in [6.07, 6.45) is 2.57. The number of esters is 1. The van der Waals surface area contributed by atoms with Gasteiger partial charge in [0.2, 0.25) is 5.88 Å². The first kappa shape index (κ1) is 16.6. The number of hydrogen-bond acceptors (Lipinski definition) is 8. The highest BCUT2D eigenvalue weighted by atomic mass is 32.1. The van der Waals surface area contributed by atoms with Crippen molar-refractivity contribution in [2.24, 2.45) is 5.41 Å². The fourth-order valence-corrected chi connectivity index (χ4v) is 3.65. The second-order valence-electron chi connectivity index (χ2n) is 6.05. The van der Waals surface area contributed by atoms with E-state index in [1.54, 1.807) is 0 Å². The highest BCUT2D eigenvalue weighted by Gasteiger charge is 2.51. The van der Waals surface area contributed by atoms with Crippen LogP contribution in [0.4, 0.5) is 0 Å². The maximum absolute atomic E-state index is 12.6. The van der Waals surface area contributed by atoms with Crippen LogP contribution in [-0.2, 0) is 19.0 Å². The van der Waals surface area contributed by atoms with Crippen molar-refractivity contribution in [3.05, 3.63) is 5.69 Å². The minimum Gasteiger partial charge on any atom is -0.475 e. The van der Waals surface area contributed by atoms with Crippen molar-refractivity contribution >= 4 is 17.7 Å². The summed E-state index contributed by atoms with van der Waals surface area (Å²) in [7, 11) is 0. The Bertz CT molecular complexity index is 546. The molecule has 0 unspecified atom stereocenters. The van der Waals surface area contributed by atoms with E-state index < -0.39 is 11.2 Å². The Morgan fingerprint density at radius 2 is 1.91 bits per heavy atom. The summed E-state index contributed by atoms with van der Waals surface area (Å²) >= 11 is 1.10. The second-order valence-corrected chi connectivity index (χ2v) is 6.58. The Kier molecular flexibility index (Phi) is 4.84. The summed E-state index contributed by atoms with van der Waals surface area (Å²) in [6, 6.07) is 0. The van der Waals surface area contributed by atoms with E-state index in [0.717, 1.165) is 17.4 Å². The summed E-state index contributed by atoms with van der Waals surface area (Å²) in [5.41, 5.74) is 0.0656. The molecular formula is C15H22N2O5S. The molecule has 0 N–H and O–H groups in total. The van der Waals surface area contributed by atoms with Crippen LogP contribution in [0.2, 0.25) is 0 Å². The third kappa shape index (κ3) is 3.34. The molecule has 0 radical (unpaired) electrons. The second kappa shape index (κ2) is 6.70. The smallest absolute Gasteiger partial charge is 0.315 e. The fraction of sp³-hybridized carbons (Fsp3) is 0.800. The quantitative estimate of drug-likeness (QED) is 0.758. The van der Waals surface area contributed by atoms with Gasteiger partial charge in [0, 0.05) is 12.8 Å². The van der Waals surface area contributed by atoms with Gasteiger partial charge in [-0.05, 0) is 26.7 Å². The molecule has 1 saturated carbocycles. The molecule has 3 rings (SSSR count). The van der Waals surface area contributed by atoms with Crippen LogP contribution in [-0.4, -0.2) is 46.9 Å². The number of aryl methyl sites for hydroxylation is 1. The number of nitrogens with zero attached hydrogens (tertiary/aromatic N) is 2. The molecule has 0 bridgehead atoms. The van der Waals surface area contributed by atoms with Crippen molar-refractivity contribution in [3.63, 3.8) is 0 Å². The van der Waals surface area contributed by atoms with Crippen LogP contribution in [0.3, 0.4) is 0 Å². The normalized spacial score (nSPS) is 22.2. The predicted octanol–water partition coefficient (Wildman–Crippen LogP) is 2.09. The van der Waals surface area contributed by atoms with E-state index in [4.69, 9.17) is 18.9 Å². The monoisotopic (exact) mass is 342 g/mol. The summed E-state index contributed by atoms with van der Waals surface area (Å²) in [5, 5.41) is 0. The Morgan fingerprint density at radius 3 is 2.48 bits per heavy atom. The van der Waals surface area contributed by atoms with E-state index in [-0.39, 0.29) is 12.6 Å². The van der Waals surface area contributed by atoms with E-state index in [1.165, 1.54) is 0 Å². The predicted molar refractivity (Wildman–Crippen MR) is 82.3 cm³/mol. The van der Waals surface area contributed by atoms with Crippen molar-refractivity contribution in [3.8, 4) is 5.88 Å². The zero-order valence-electron chi connectivity index (χ0n) is 13.5. The van der Waals surface area contributed by atoms with E-state index >= 15 is 0 Å². The molecular weight excluding hydrogens is 320 g/mol. The lowest BCUT2D eigenvalue weighted by Gasteiger charge is -2.41. The number of carbonyl (C=O) groups is 1. The van der Waals surface area contributed by atoms with Gasteiger partial charge in [0.25, 0.3) is 0 Å². The molecule has 2 aliphatic rings. The Labute approximate surface area is 139 Å². The van der Waals surface area contributed by atoms with Gasteiger partial charge < -0.3 is 18.9 Å². The maximum atomic E-state index is 12.6. The maximum Gasteiger partial charge on any atom is 0.315 e. The van der Waals surface area contributed by atoms with E-state index in [1.807, 2.05) is 13.8 Å². The lowest BCUT2D eigenvalue weighted by atomic mass is 9.72. The first-order chi connectivity index (χ1) is 11.1. The van der Waals surface area contributed by atoms with Crippen molar-refractivity contribution < 1.29 is 23.7 Å². The Hall–Kier alpha value is -1.25. The van der Waals surface area contributed by atoms with Crippen LogP contribution < -0.4 is 4.74 Å². The molecule has 0 atom stereocenters. The van der Waals surface area contributed by atoms with Gasteiger partial charge in [-0.1, -0.05) is 0 Å². The van der Waals surface area contributed by atoms with Crippen molar-refractivity contribution in [1.82, 2.24) is 8.75 Å². The summed E-state index contributed by atoms with van der Waals surface area (Å²) in [5.74, 6) is -0.241. The molecule has 128 valence electrons. The van der Waals surface area contributed by atoms with Crippen molar-refractivity contribution in [2.75, 3.05) is 26.4 Å². The van der Waals surface area contributed by atoms with Crippen LogP contribution in [0.15, 0.2) is 0 Å².